The molecule has 0 radical (unpaired) electrons. The fourth-order valence-electron chi connectivity index (χ4n) is 0.989. The average Bonchev–Trinajstić information content (AvgIpc) is 2.54. The molecule has 3 N–H and O–H groups in total. The normalized spacial score (nSPS) is 13.2. The molecule has 0 saturated carbocycles. The molecule has 1 aromatic rings. The number of halogens is 1. The summed E-state index contributed by atoms with van der Waals surface area (Å²) in [5, 5.41) is 0. The highest BCUT2D eigenvalue weighted by molar-refractivity contribution is 9.10. The van der Waals surface area contributed by atoms with E-state index < -0.39 is 0 Å². The van der Waals surface area contributed by atoms with Crippen LogP contribution in [-0.4, -0.2) is 13.2 Å². The van der Waals surface area contributed by atoms with Crippen molar-refractivity contribution in [3.63, 3.8) is 0 Å². The fraction of sp³-hybridized carbons (Fsp3) is 0.500. The number of hydrazine groups is 1. The Labute approximate surface area is 85.5 Å². The van der Waals surface area contributed by atoms with Crippen LogP contribution in [0.1, 0.15) is 18.7 Å². The van der Waals surface area contributed by atoms with Gasteiger partial charge in [-0.1, -0.05) is 0 Å². The third-order valence-electron chi connectivity index (χ3n) is 1.65. The van der Waals surface area contributed by atoms with E-state index in [1.54, 1.807) is 6.26 Å². The molecule has 0 aromatic carbocycles. The van der Waals surface area contributed by atoms with Crippen molar-refractivity contribution in [2.24, 2.45) is 5.84 Å². The van der Waals surface area contributed by atoms with E-state index in [9.17, 15) is 0 Å². The standard InChI is InChI=1S/C8H13BrN2O2/c1-2-12-5-7(11-10)8-6(9)3-4-13-8/h3-4,7,11H,2,5,10H2,1H3. The van der Waals surface area contributed by atoms with Gasteiger partial charge in [0, 0.05) is 6.61 Å². The van der Waals surface area contributed by atoms with Gasteiger partial charge in [0.25, 0.3) is 0 Å². The van der Waals surface area contributed by atoms with Crippen molar-refractivity contribution in [3.05, 3.63) is 22.6 Å². The van der Waals surface area contributed by atoms with Gasteiger partial charge in [0.1, 0.15) is 11.8 Å². The lowest BCUT2D eigenvalue weighted by Gasteiger charge is -2.13. The smallest absolute Gasteiger partial charge is 0.138 e. The molecule has 74 valence electrons. The number of nitrogens with two attached hydrogens (primary N) is 1. The number of hydrogen-bond acceptors (Lipinski definition) is 4. The van der Waals surface area contributed by atoms with E-state index in [2.05, 4.69) is 21.4 Å². The van der Waals surface area contributed by atoms with Crippen molar-refractivity contribution in [1.82, 2.24) is 5.43 Å². The molecule has 4 nitrogen and oxygen atoms in total. The summed E-state index contributed by atoms with van der Waals surface area (Å²) in [7, 11) is 0. The number of hydrogen-bond donors (Lipinski definition) is 2. The molecule has 0 aliphatic carbocycles. The zero-order chi connectivity index (χ0) is 9.68. The highest BCUT2D eigenvalue weighted by atomic mass is 79.9. The summed E-state index contributed by atoms with van der Waals surface area (Å²) >= 11 is 3.35. The first-order valence-electron chi connectivity index (χ1n) is 4.06. The first kappa shape index (κ1) is 10.7. The van der Waals surface area contributed by atoms with E-state index in [0.29, 0.717) is 13.2 Å². The molecule has 1 rings (SSSR count). The second-order valence-electron chi connectivity index (χ2n) is 2.51. The molecule has 1 aromatic heterocycles. The number of furan rings is 1. The fourth-order valence-corrected chi connectivity index (χ4v) is 1.47. The Balaban J connectivity index is 2.61. The average molecular weight is 249 g/mol. The van der Waals surface area contributed by atoms with E-state index in [4.69, 9.17) is 15.0 Å². The van der Waals surface area contributed by atoms with Crippen LogP contribution in [0.15, 0.2) is 21.2 Å². The SMILES string of the molecule is CCOCC(NN)c1occc1Br. The summed E-state index contributed by atoms with van der Waals surface area (Å²) in [6.07, 6.45) is 1.61. The lowest BCUT2D eigenvalue weighted by Crippen LogP contribution is -2.31. The summed E-state index contributed by atoms with van der Waals surface area (Å²) in [4.78, 5) is 0. The molecule has 0 fully saturated rings. The van der Waals surface area contributed by atoms with Gasteiger partial charge in [-0.2, -0.15) is 0 Å². The second kappa shape index (κ2) is 5.39. The Morgan fingerprint density at radius 3 is 3.00 bits per heavy atom. The molecule has 0 aliphatic rings. The summed E-state index contributed by atoms with van der Waals surface area (Å²) in [6, 6.07) is 1.72. The minimum absolute atomic E-state index is 0.107. The summed E-state index contributed by atoms with van der Waals surface area (Å²) < 4.78 is 11.4. The molecule has 1 atom stereocenters. The molecule has 1 unspecified atom stereocenters. The maximum atomic E-state index is 5.36. The predicted molar refractivity (Wildman–Crippen MR) is 53.0 cm³/mol. The van der Waals surface area contributed by atoms with Gasteiger partial charge >= 0.3 is 0 Å². The van der Waals surface area contributed by atoms with Crippen molar-refractivity contribution in [3.8, 4) is 0 Å². The van der Waals surface area contributed by atoms with Gasteiger partial charge < -0.3 is 9.15 Å². The summed E-state index contributed by atoms with van der Waals surface area (Å²) in [5.41, 5.74) is 2.63. The summed E-state index contributed by atoms with van der Waals surface area (Å²) in [6.45, 7) is 3.10. The van der Waals surface area contributed by atoms with Gasteiger partial charge in [0.2, 0.25) is 0 Å². The van der Waals surface area contributed by atoms with E-state index in [1.165, 1.54) is 0 Å². The van der Waals surface area contributed by atoms with E-state index in [-0.39, 0.29) is 6.04 Å². The lowest BCUT2D eigenvalue weighted by atomic mass is 10.2. The monoisotopic (exact) mass is 248 g/mol. The largest absolute Gasteiger partial charge is 0.466 e. The number of rotatable bonds is 5. The van der Waals surface area contributed by atoms with Gasteiger partial charge in [-0.3, -0.25) is 5.84 Å². The summed E-state index contributed by atoms with van der Waals surface area (Å²) in [5.74, 6) is 6.12. The molecule has 5 heteroatoms. The molecular formula is C8H13BrN2O2. The second-order valence-corrected chi connectivity index (χ2v) is 3.37. The first-order valence-corrected chi connectivity index (χ1v) is 4.85. The molecule has 0 spiro atoms. The Morgan fingerprint density at radius 2 is 2.54 bits per heavy atom. The van der Waals surface area contributed by atoms with Gasteiger partial charge in [-0.15, -0.1) is 0 Å². The minimum atomic E-state index is -0.107. The van der Waals surface area contributed by atoms with Gasteiger partial charge in [0.05, 0.1) is 17.3 Å². The van der Waals surface area contributed by atoms with E-state index >= 15 is 0 Å². The maximum Gasteiger partial charge on any atom is 0.138 e. The lowest BCUT2D eigenvalue weighted by molar-refractivity contribution is 0.116. The van der Waals surface area contributed by atoms with Crippen LogP contribution in [0.3, 0.4) is 0 Å². The van der Waals surface area contributed by atoms with Crippen molar-refractivity contribution >= 4 is 15.9 Å². The van der Waals surface area contributed by atoms with Crippen LogP contribution < -0.4 is 11.3 Å². The Bertz CT molecular complexity index is 252. The molecule has 0 bridgehead atoms. The van der Waals surface area contributed by atoms with Crippen molar-refractivity contribution < 1.29 is 9.15 Å². The Morgan fingerprint density at radius 1 is 1.77 bits per heavy atom. The predicted octanol–water partition coefficient (Wildman–Crippen LogP) is 1.58. The number of ether oxygens (including phenoxy) is 1. The van der Waals surface area contributed by atoms with Gasteiger partial charge in [-0.05, 0) is 28.9 Å². The van der Waals surface area contributed by atoms with Crippen LogP contribution in [0.25, 0.3) is 0 Å². The maximum absolute atomic E-state index is 5.36. The van der Waals surface area contributed by atoms with Crippen LogP contribution in [0.4, 0.5) is 0 Å². The van der Waals surface area contributed by atoms with Crippen LogP contribution >= 0.6 is 15.9 Å². The van der Waals surface area contributed by atoms with Crippen molar-refractivity contribution in [2.45, 2.75) is 13.0 Å². The molecule has 0 amide bonds. The zero-order valence-corrected chi connectivity index (χ0v) is 9.00. The molecule has 0 saturated heterocycles. The van der Waals surface area contributed by atoms with Crippen molar-refractivity contribution in [1.29, 1.82) is 0 Å². The molecular weight excluding hydrogens is 236 g/mol. The topological polar surface area (TPSA) is 60.4 Å². The highest BCUT2D eigenvalue weighted by Crippen LogP contribution is 2.24. The first-order chi connectivity index (χ1) is 6.29. The quantitative estimate of drug-likeness (QED) is 0.614. The third-order valence-corrected chi connectivity index (χ3v) is 2.31. The van der Waals surface area contributed by atoms with Crippen LogP contribution in [-0.2, 0) is 4.74 Å². The van der Waals surface area contributed by atoms with Gasteiger partial charge in [-0.25, -0.2) is 5.43 Å². The molecule has 1 heterocycles. The highest BCUT2D eigenvalue weighted by Gasteiger charge is 2.16. The number of nitrogens with one attached hydrogen (secondary N) is 1. The zero-order valence-electron chi connectivity index (χ0n) is 7.42. The van der Waals surface area contributed by atoms with Gasteiger partial charge in [0.15, 0.2) is 0 Å². The molecule has 13 heavy (non-hydrogen) atoms. The Hall–Kier alpha value is -0.360. The Kier molecular flexibility index (Phi) is 4.44. The van der Waals surface area contributed by atoms with Crippen LogP contribution in [0.5, 0.6) is 0 Å². The van der Waals surface area contributed by atoms with E-state index in [1.807, 2.05) is 13.0 Å². The van der Waals surface area contributed by atoms with E-state index in [0.717, 1.165) is 10.2 Å². The minimum Gasteiger partial charge on any atom is -0.466 e. The molecule has 0 aliphatic heterocycles. The van der Waals surface area contributed by atoms with Crippen LogP contribution in [0.2, 0.25) is 0 Å². The third kappa shape index (κ3) is 2.80. The van der Waals surface area contributed by atoms with Crippen molar-refractivity contribution in [2.75, 3.05) is 13.2 Å². The van der Waals surface area contributed by atoms with Crippen LogP contribution in [0, 0.1) is 0 Å².